The summed E-state index contributed by atoms with van der Waals surface area (Å²) in [4.78, 5) is 25.9. The third-order valence-corrected chi connectivity index (χ3v) is 5.85. The first-order valence-corrected chi connectivity index (χ1v) is 10.3. The quantitative estimate of drug-likeness (QED) is 0.800. The van der Waals surface area contributed by atoms with E-state index in [1.807, 2.05) is 50.2 Å². The van der Waals surface area contributed by atoms with E-state index in [1.54, 1.807) is 12.1 Å². The molecule has 1 heterocycles. The van der Waals surface area contributed by atoms with Crippen molar-refractivity contribution < 1.29 is 9.59 Å². The molecule has 0 radical (unpaired) electrons. The van der Waals surface area contributed by atoms with Gasteiger partial charge in [-0.2, -0.15) is 5.26 Å². The second-order valence-corrected chi connectivity index (χ2v) is 8.03. The normalized spacial score (nSPS) is 18.5. The number of nitriles is 1. The zero-order valence-electron chi connectivity index (χ0n) is 17.6. The maximum atomic E-state index is 13.0. The number of hydrogen-bond donors (Lipinski definition) is 2. The molecule has 3 N–H and O–H groups in total. The predicted molar refractivity (Wildman–Crippen MR) is 117 cm³/mol. The lowest BCUT2D eigenvalue weighted by atomic mass is 9.76. The molecule has 156 valence electrons. The predicted octanol–water partition coefficient (Wildman–Crippen LogP) is 3.75. The summed E-state index contributed by atoms with van der Waals surface area (Å²) in [5, 5.41) is 11.4. The van der Waals surface area contributed by atoms with Crippen molar-refractivity contribution in [3.8, 4) is 6.07 Å². The van der Waals surface area contributed by atoms with Crippen molar-refractivity contribution in [2.24, 2.45) is 5.73 Å². The first kappa shape index (κ1) is 20.4. The van der Waals surface area contributed by atoms with Crippen molar-refractivity contribution in [1.82, 2.24) is 10.4 Å². The van der Waals surface area contributed by atoms with Crippen molar-refractivity contribution in [2.45, 2.75) is 39.0 Å². The van der Waals surface area contributed by atoms with E-state index in [2.05, 4.69) is 11.5 Å². The third kappa shape index (κ3) is 3.71. The monoisotopic (exact) mass is 412 g/mol. The van der Waals surface area contributed by atoms with E-state index in [4.69, 9.17) is 5.73 Å². The van der Waals surface area contributed by atoms with E-state index in [9.17, 15) is 14.9 Å². The van der Waals surface area contributed by atoms with Gasteiger partial charge in [0.1, 0.15) is 5.82 Å². The number of nitrogens with two attached hydrogens (primary N) is 1. The summed E-state index contributed by atoms with van der Waals surface area (Å²) >= 11 is 0. The van der Waals surface area contributed by atoms with Crippen LogP contribution in [0.5, 0.6) is 0 Å². The number of hydrogen-bond acceptors (Lipinski definition) is 5. The molecule has 4 rings (SSSR count). The van der Waals surface area contributed by atoms with Crippen LogP contribution in [0, 0.1) is 25.2 Å². The van der Waals surface area contributed by atoms with Gasteiger partial charge in [-0.05, 0) is 44.4 Å². The van der Waals surface area contributed by atoms with Crippen LogP contribution in [0.2, 0.25) is 0 Å². The lowest BCUT2D eigenvalue weighted by molar-refractivity contribution is -0.116. The maximum Gasteiger partial charge on any atom is 0.270 e. The smallest absolute Gasteiger partial charge is 0.270 e. The molecular weight excluding hydrogens is 388 g/mol. The van der Waals surface area contributed by atoms with E-state index >= 15 is 0 Å². The second-order valence-electron chi connectivity index (χ2n) is 8.03. The Labute approximate surface area is 181 Å². The Hall–Kier alpha value is -3.85. The molecule has 1 aliphatic heterocycles. The molecule has 2 aromatic carbocycles. The molecule has 0 saturated heterocycles. The minimum absolute atomic E-state index is 0.0124. The van der Waals surface area contributed by atoms with Gasteiger partial charge in [0, 0.05) is 23.3 Å². The zero-order valence-corrected chi connectivity index (χ0v) is 17.6. The molecule has 1 unspecified atom stereocenters. The Morgan fingerprint density at radius 1 is 1.06 bits per heavy atom. The standard InChI is InChI=1S/C25H24N4O2/c1-15-6-10-17(11-7-15)22-19(14-26)24(27)29(20-4-3-5-21(30)23(20)22)28-25(31)18-12-8-16(2)9-13-18/h6-13,22H,3-5,27H2,1-2H3,(H,28,31). The summed E-state index contributed by atoms with van der Waals surface area (Å²) < 4.78 is 0. The van der Waals surface area contributed by atoms with Crippen LogP contribution in [-0.4, -0.2) is 16.7 Å². The summed E-state index contributed by atoms with van der Waals surface area (Å²) in [6, 6.07) is 17.1. The number of hydrazine groups is 1. The Balaban J connectivity index is 1.79. The van der Waals surface area contributed by atoms with Gasteiger partial charge in [-0.1, -0.05) is 47.5 Å². The number of allylic oxidation sites excluding steroid dienone is 3. The summed E-state index contributed by atoms with van der Waals surface area (Å²) in [5.74, 6) is -0.733. The van der Waals surface area contributed by atoms with Crippen molar-refractivity contribution >= 4 is 11.7 Å². The number of Topliss-reactive ketones (excluding diaryl/α,β-unsaturated/α-hetero) is 1. The first-order valence-electron chi connectivity index (χ1n) is 10.3. The van der Waals surface area contributed by atoms with Gasteiger partial charge >= 0.3 is 0 Å². The van der Waals surface area contributed by atoms with E-state index in [1.165, 1.54) is 5.01 Å². The number of aryl methyl sites for hydroxylation is 2. The summed E-state index contributed by atoms with van der Waals surface area (Å²) in [7, 11) is 0. The highest BCUT2D eigenvalue weighted by Gasteiger charge is 2.40. The lowest BCUT2D eigenvalue weighted by Crippen LogP contribution is -2.48. The van der Waals surface area contributed by atoms with Gasteiger partial charge in [-0.15, -0.1) is 0 Å². The molecule has 0 aromatic heterocycles. The van der Waals surface area contributed by atoms with Crippen molar-refractivity contribution in [3.05, 3.63) is 93.4 Å². The molecule has 1 aliphatic carbocycles. The van der Waals surface area contributed by atoms with Crippen LogP contribution < -0.4 is 11.2 Å². The largest absolute Gasteiger partial charge is 0.383 e. The van der Waals surface area contributed by atoms with Crippen molar-refractivity contribution in [3.63, 3.8) is 0 Å². The van der Waals surface area contributed by atoms with Gasteiger partial charge in [0.25, 0.3) is 5.91 Å². The van der Waals surface area contributed by atoms with Crippen LogP contribution >= 0.6 is 0 Å². The molecule has 2 aromatic rings. The highest BCUT2D eigenvalue weighted by molar-refractivity contribution is 6.00. The molecule has 0 spiro atoms. The van der Waals surface area contributed by atoms with Crippen LogP contribution in [0.15, 0.2) is 71.2 Å². The molecule has 1 atom stereocenters. The van der Waals surface area contributed by atoms with Crippen LogP contribution in [0.3, 0.4) is 0 Å². The fourth-order valence-electron chi connectivity index (χ4n) is 4.18. The summed E-state index contributed by atoms with van der Waals surface area (Å²) in [6.45, 7) is 3.93. The molecule has 6 heteroatoms. The molecule has 2 aliphatic rings. The number of benzene rings is 2. The lowest BCUT2D eigenvalue weighted by Gasteiger charge is -2.39. The van der Waals surface area contributed by atoms with Crippen molar-refractivity contribution in [1.29, 1.82) is 5.26 Å². The van der Waals surface area contributed by atoms with Crippen LogP contribution in [0.4, 0.5) is 0 Å². The minimum Gasteiger partial charge on any atom is -0.383 e. The average molecular weight is 412 g/mol. The molecular formula is C25H24N4O2. The van der Waals surface area contributed by atoms with E-state index < -0.39 is 5.92 Å². The first-order chi connectivity index (χ1) is 14.9. The van der Waals surface area contributed by atoms with E-state index in [0.29, 0.717) is 36.1 Å². The third-order valence-electron chi connectivity index (χ3n) is 5.85. The molecule has 6 nitrogen and oxygen atoms in total. The Morgan fingerprint density at radius 3 is 2.29 bits per heavy atom. The molecule has 31 heavy (non-hydrogen) atoms. The van der Waals surface area contributed by atoms with E-state index in [0.717, 1.165) is 16.7 Å². The highest BCUT2D eigenvalue weighted by atomic mass is 16.2. The average Bonchev–Trinajstić information content (AvgIpc) is 2.76. The fraction of sp³-hybridized carbons (Fsp3) is 0.240. The Morgan fingerprint density at radius 2 is 1.68 bits per heavy atom. The molecule has 0 bridgehead atoms. The highest BCUT2D eigenvalue weighted by Crippen LogP contribution is 2.44. The fourth-order valence-corrected chi connectivity index (χ4v) is 4.18. The van der Waals surface area contributed by atoms with Gasteiger partial charge in [0.2, 0.25) is 0 Å². The minimum atomic E-state index is -0.527. The van der Waals surface area contributed by atoms with Gasteiger partial charge in [0.05, 0.1) is 17.6 Å². The summed E-state index contributed by atoms with van der Waals surface area (Å²) in [6.07, 6.45) is 1.68. The second kappa shape index (κ2) is 8.11. The number of rotatable bonds is 3. The van der Waals surface area contributed by atoms with Gasteiger partial charge in [-0.25, -0.2) is 5.01 Å². The number of amides is 1. The van der Waals surface area contributed by atoms with Crippen LogP contribution in [-0.2, 0) is 4.79 Å². The van der Waals surface area contributed by atoms with Crippen molar-refractivity contribution in [2.75, 3.05) is 0 Å². The van der Waals surface area contributed by atoms with Gasteiger partial charge in [-0.3, -0.25) is 15.0 Å². The Kier molecular flexibility index (Phi) is 5.35. The number of carbonyl (C=O) groups excluding carboxylic acids is 2. The molecule has 1 amide bonds. The maximum absolute atomic E-state index is 13.0. The number of ketones is 1. The molecule has 0 fully saturated rings. The SMILES string of the molecule is Cc1ccc(C(=O)NN2C(N)=C(C#N)C(c3ccc(C)cc3)C3=C2CCCC3=O)cc1. The summed E-state index contributed by atoms with van der Waals surface area (Å²) in [5.41, 5.74) is 14.2. The number of nitrogens with one attached hydrogen (secondary N) is 1. The van der Waals surface area contributed by atoms with Crippen LogP contribution in [0.1, 0.15) is 52.2 Å². The Bertz CT molecular complexity index is 1150. The van der Waals surface area contributed by atoms with Gasteiger partial charge in [0.15, 0.2) is 5.78 Å². The molecule has 0 saturated carbocycles. The van der Waals surface area contributed by atoms with E-state index in [-0.39, 0.29) is 23.1 Å². The van der Waals surface area contributed by atoms with Crippen LogP contribution in [0.25, 0.3) is 0 Å². The topological polar surface area (TPSA) is 99.2 Å². The number of nitrogens with zero attached hydrogens (tertiary/aromatic N) is 2. The number of carbonyl (C=O) groups is 2. The zero-order chi connectivity index (χ0) is 22.1. The van der Waals surface area contributed by atoms with Gasteiger partial charge < -0.3 is 5.73 Å².